The summed E-state index contributed by atoms with van der Waals surface area (Å²) in [6.07, 6.45) is 3.02. The van der Waals surface area contributed by atoms with Gasteiger partial charge in [-0.1, -0.05) is 55.4 Å². The molecule has 0 aliphatic heterocycles. The molecule has 3 rings (SSSR count). The van der Waals surface area contributed by atoms with Gasteiger partial charge in [0.05, 0.1) is 0 Å². The summed E-state index contributed by atoms with van der Waals surface area (Å²) >= 11 is 0. The van der Waals surface area contributed by atoms with E-state index in [9.17, 15) is 0 Å². The highest BCUT2D eigenvalue weighted by Gasteiger charge is 2.54. The average Bonchev–Trinajstić information content (AvgIpc) is 2.27. The first-order valence-corrected chi connectivity index (χ1v) is 7.03. The van der Waals surface area contributed by atoms with Gasteiger partial charge in [-0.2, -0.15) is 0 Å². The topological polar surface area (TPSA) is 0 Å². The Labute approximate surface area is 97.8 Å². The highest BCUT2D eigenvalue weighted by molar-refractivity contribution is 5.03. The molecule has 15 heavy (non-hydrogen) atoms. The Morgan fingerprint density at radius 2 is 1.33 bits per heavy atom. The summed E-state index contributed by atoms with van der Waals surface area (Å²) in [5, 5.41) is 0. The standard InChI is InChI=1S/C11H20.2C2H6/c1-7-5-9-6-10(8(7)2)11(9,3)4;2*1-2/h7-10H,5-6H2,1-4H3;2*1-2H3. The Hall–Kier alpha value is 0. The zero-order valence-corrected chi connectivity index (χ0v) is 12.2. The van der Waals surface area contributed by atoms with E-state index in [-0.39, 0.29) is 0 Å². The molecular weight excluding hydrogens is 180 g/mol. The van der Waals surface area contributed by atoms with Crippen molar-refractivity contribution in [3.05, 3.63) is 0 Å². The second-order valence-corrected chi connectivity index (χ2v) is 5.43. The van der Waals surface area contributed by atoms with Crippen molar-refractivity contribution in [3.8, 4) is 0 Å². The van der Waals surface area contributed by atoms with E-state index >= 15 is 0 Å². The molecule has 0 nitrogen and oxygen atoms in total. The molecule has 0 N–H and O–H groups in total. The van der Waals surface area contributed by atoms with Crippen molar-refractivity contribution in [1.29, 1.82) is 0 Å². The minimum atomic E-state index is 0.686. The Morgan fingerprint density at radius 1 is 0.867 bits per heavy atom. The minimum absolute atomic E-state index is 0.686. The van der Waals surface area contributed by atoms with Crippen LogP contribution in [0, 0.1) is 29.1 Å². The first-order chi connectivity index (χ1) is 7.03. The summed E-state index contributed by atoms with van der Waals surface area (Å²) in [6.45, 7) is 17.8. The Bertz CT molecular complexity index is 169. The molecule has 4 atom stereocenters. The van der Waals surface area contributed by atoms with E-state index in [1.54, 1.807) is 0 Å². The molecule has 0 amide bonds. The first-order valence-electron chi connectivity index (χ1n) is 7.03. The number of fused-ring (bicyclic) bond motifs is 2. The molecule has 3 aliphatic rings. The number of hydrogen-bond acceptors (Lipinski definition) is 0. The van der Waals surface area contributed by atoms with Gasteiger partial charge in [0, 0.05) is 0 Å². The van der Waals surface area contributed by atoms with Crippen LogP contribution in [-0.4, -0.2) is 0 Å². The van der Waals surface area contributed by atoms with Crippen LogP contribution in [-0.2, 0) is 0 Å². The van der Waals surface area contributed by atoms with Crippen LogP contribution >= 0.6 is 0 Å². The van der Waals surface area contributed by atoms with Crippen LogP contribution in [0.4, 0.5) is 0 Å². The van der Waals surface area contributed by atoms with E-state index in [1.807, 2.05) is 27.7 Å². The fraction of sp³-hybridized carbons (Fsp3) is 1.00. The smallest absolute Gasteiger partial charge is 0.0295 e. The van der Waals surface area contributed by atoms with Crippen LogP contribution in [0.2, 0.25) is 0 Å². The van der Waals surface area contributed by atoms with Crippen molar-refractivity contribution in [1.82, 2.24) is 0 Å². The minimum Gasteiger partial charge on any atom is -0.0683 e. The highest BCUT2D eigenvalue weighted by Crippen LogP contribution is 2.62. The lowest BCUT2D eigenvalue weighted by molar-refractivity contribution is -0.124. The summed E-state index contributed by atoms with van der Waals surface area (Å²) in [6, 6.07) is 0. The summed E-state index contributed by atoms with van der Waals surface area (Å²) < 4.78 is 0. The molecule has 0 radical (unpaired) electrons. The Kier molecular flexibility index (Phi) is 5.92. The third-order valence-corrected chi connectivity index (χ3v) is 4.73. The van der Waals surface area contributed by atoms with Crippen LogP contribution < -0.4 is 0 Å². The quantitative estimate of drug-likeness (QED) is 0.506. The van der Waals surface area contributed by atoms with Crippen LogP contribution in [0.3, 0.4) is 0 Å². The summed E-state index contributed by atoms with van der Waals surface area (Å²) in [4.78, 5) is 0. The summed E-state index contributed by atoms with van der Waals surface area (Å²) in [5.74, 6) is 4.07. The van der Waals surface area contributed by atoms with Gasteiger partial charge in [0.25, 0.3) is 0 Å². The fourth-order valence-corrected chi connectivity index (χ4v) is 3.41. The van der Waals surface area contributed by atoms with Gasteiger partial charge in [-0.25, -0.2) is 0 Å². The predicted octanol–water partition coefficient (Wildman–Crippen LogP) is 5.38. The van der Waals surface area contributed by atoms with Crippen LogP contribution in [0.25, 0.3) is 0 Å². The van der Waals surface area contributed by atoms with Crippen LogP contribution in [0.1, 0.15) is 68.2 Å². The molecule has 0 saturated heterocycles. The molecule has 3 fully saturated rings. The maximum atomic E-state index is 2.47. The summed E-state index contributed by atoms with van der Waals surface area (Å²) in [7, 11) is 0. The van der Waals surface area contributed by atoms with E-state index in [2.05, 4.69) is 27.7 Å². The summed E-state index contributed by atoms with van der Waals surface area (Å²) in [5.41, 5.74) is 0.686. The number of hydrogen-bond donors (Lipinski definition) is 0. The Morgan fingerprint density at radius 3 is 1.60 bits per heavy atom. The van der Waals surface area contributed by atoms with E-state index in [0.717, 1.165) is 23.7 Å². The lowest BCUT2D eigenvalue weighted by Crippen LogP contribution is -2.54. The van der Waals surface area contributed by atoms with Crippen molar-refractivity contribution in [2.24, 2.45) is 29.1 Å². The van der Waals surface area contributed by atoms with Crippen LogP contribution in [0.5, 0.6) is 0 Å². The van der Waals surface area contributed by atoms with Gasteiger partial charge in [0.1, 0.15) is 0 Å². The first kappa shape index (κ1) is 15.0. The molecule has 0 heteroatoms. The molecule has 0 aromatic carbocycles. The maximum Gasteiger partial charge on any atom is -0.0295 e. The molecule has 0 spiro atoms. The zero-order valence-electron chi connectivity index (χ0n) is 12.2. The largest absolute Gasteiger partial charge is 0.0683 e. The van der Waals surface area contributed by atoms with E-state index in [1.165, 1.54) is 12.8 Å². The highest BCUT2D eigenvalue weighted by atomic mass is 14.6. The van der Waals surface area contributed by atoms with Crippen LogP contribution in [0.15, 0.2) is 0 Å². The molecule has 0 heterocycles. The molecular formula is C15H32. The average molecular weight is 212 g/mol. The van der Waals surface area contributed by atoms with Crippen molar-refractivity contribution < 1.29 is 0 Å². The van der Waals surface area contributed by atoms with Gasteiger partial charge in [-0.3, -0.25) is 0 Å². The van der Waals surface area contributed by atoms with Crippen molar-refractivity contribution in [2.45, 2.75) is 68.2 Å². The number of rotatable bonds is 0. The Balaban J connectivity index is 0.000000442. The molecule has 3 saturated carbocycles. The third kappa shape index (κ3) is 2.57. The van der Waals surface area contributed by atoms with E-state index in [0.29, 0.717) is 5.41 Å². The molecule has 4 unspecified atom stereocenters. The SMILES string of the molecule is CC.CC.CC1CC2CC(C1C)C2(C)C. The second kappa shape index (κ2) is 5.92. The van der Waals surface area contributed by atoms with Gasteiger partial charge in [0.2, 0.25) is 0 Å². The molecule has 92 valence electrons. The third-order valence-electron chi connectivity index (χ3n) is 4.73. The van der Waals surface area contributed by atoms with Gasteiger partial charge in [-0.15, -0.1) is 0 Å². The van der Waals surface area contributed by atoms with E-state index < -0.39 is 0 Å². The normalized spacial score (nSPS) is 40.0. The van der Waals surface area contributed by atoms with Gasteiger partial charge >= 0.3 is 0 Å². The molecule has 0 aromatic rings. The maximum absolute atomic E-state index is 2.47. The predicted molar refractivity (Wildman–Crippen MR) is 71.0 cm³/mol. The molecule has 3 aliphatic carbocycles. The van der Waals surface area contributed by atoms with Gasteiger partial charge in [0.15, 0.2) is 0 Å². The van der Waals surface area contributed by atoms with Crippen molar-refractivity contribution >= 4 is 0 Å². The second-order valence-electron chi connectivity index (χ2n) is 5.43. The molecule has 2 bridgehead atoms. The van der Waals surface area contributed by atoms with Gasteiger partial charge < -0.3 is 0 Å². The lowest BCUT2D eigenvalue weighted by atomic mass is 9.44. The zero-order chi connectivity index (χ0) is 12.2. The van der Waals surface area contributed by atoms with E-state index in [4.69, 9.17) is 0 Å². The van der Waals surface area contributed by atoms with Gasteiger partial charge in [-0.05, 0) is 41.9 Å². The fourth-order valence-electron chi connectivity index (χ4n) is 3.41. The molecule has 0 aromatic heterocycles. The van der Waals surface area contributed by atoms with Crippen molar-refractivity contribution in [3.63, 3.8) is 0 Å². The van der Waals surface area contributed by atoms with Crippen molar-refractivity contribution in [2.75, 3.05) is 0 Å². The lowest BCUT2D eigenvalue weighted by Gasteiger charge is -2.61. The monoisotopic (exact) mass is 212 g/mol.